The number of nitrogens with zero attached hydrogens (tertiary/aromatic N) is 3. The molecule has 0 unspecified atom stereocenters. The van der Waals surface area contributed by atoms with Crippen molar-refractivity contribution in [2.75, 3.05) is 13.2 Å². The van der Waals surface area contributed by atoms with Crippen LogP contribution in [0.3, 0.4) is 0 Å². The molecule has 1 heterocycles. The Morgan fingerprint density at radius 3 is 2.59 bits per heavy atom. The minimum absolute atomic E-state index is 0.0809. The Balaban J connectivity index is 1.53. The van der Waals surface area contributed by atoms with Gasteiger partial charge in [0.05, 0.1) is 30.2 Å². The Bertz CT molecular complexity index is 882. The number of carbonyl (C=O) groups excluding carboxylic acids is 2. The van der Waals surface area contributed by atoms with E-state index >= 15 is 0 Å². The smallest absolute Gasteiger partial charge is 0.309 e. The Kier molecular flexibility index (Phi) is 5.19. The van der Waals surface area contributed by atoms with Gasteiger partial charge in [0.15, 0.2) is 0 Å². The quantitative estimate of drug-likeness (QED) is 0.645. The molecule has 0 N–H and O–H groups in total. The van der Waals surface area contributed by atoms with Gasteiger partial charge in [-0.25, -0.2) is 0 Å². The average molecular weight is 396 g/mol. The maximum atomic E-state index is 13.7. The van der Waals surface area contributed by atoms with Gasteiger partial charge in [-0.2, -0.15) is 5.10 Å². The summed E-state index contributed by atoms with van der Waals surface area (Å²) in [6, 6.07) is 12.1. The van der Waals surface area contributed by atoms with Gasteiger partial charge >= 0.3 is 5.97 Å². The largest absolute Gasteiger partial charge is 0.466 e. The topological polar surface area (TPSA) is 64.4 Å². The lowest BCUT2D eigenvalue weighted by Crippen LogP contribution is -2.40. The van der Waals surface area contributed by atoms with Crippen molar-refractivity contribution in [3.8, 4) is 0 Å². The van der Waals surface area contributed by atoms with Crippen LogP contribution in [-0.2, 0) is 33.3 Å². The second kappa shape index (κ2) is 7.65. The van der Waals surface area contributed by atoms with E-state index in [1.54, 1.807) is 0 Å². The van der Waals surface area contributed by atoms with Crippen molar-refractivity contribution in [2.24, 2.45) is 18.9 Å². The fraction of sp³-hybridized carbons (Fsp3) is 0.522. The third-order valence-corrected chi connectivity index (χ3v) is 6.26. The van der Waals surface area contributed by atoms with E-state index in [1.807, 2.05) is 66.9 Å². The summed E-state index contributed by atoms with van der Waals surface area (Å²) in [7, 11) is 1.91. The fourth-order valence-corrected chi connectivity index (χ4v) is 4.21. The molecular formula is C23H29N3O3. The molecule has 154 valence electrons. The predicted octanol–water partition coefficient (Wildman–Crippen LogP) is 2.99. The normalized spacial score (nSPS) is 21.5. The number of aryl methyl sites for hydroxylation is 2. The third-order valence-electron chi connectivity index (χ3n) is 6.26. The third kappa shape index (κ3) is 3.93. The molecule has 2 aromatic rings. The highest BCUT2D eigenvalue weighted by molar-refractivity contribution is 5.91. The van der Waals surface area contributed by atoms with Crippen molar-refractivity contribution in [3.05, 3.63) is 53.3 Å². The molecule has 2 saturated carbocycles. The van der Waals surface area contributed by atoms with E-state index in [2.05, 4.69) is 5.10 Å². The van der Waals surface area contributed by atoms with Crippen LogP contribution in [0.1, 0.15) is 43.1 Å². The maximum absolute atomic E-state index is 13.7. The number of benzene rings is 1. The highest BCUT2D eigenvalue weighted by Gasteiger charge is 2.54. The molecule has 0 bridgehead atoms. The van der Waals surface area contributed by atoms with Crippen LogP contribution < -0.4 is 0 Å². The monoisotopic (exact) mass is 395 g/mol. The molecule has 0 spiro atoms. The Morgan fingerprint density at radius 1 is 1.28 bits per heavy atom. The molecule has 6 heteroatoms. The van der Waals surface area contributed by atoms with Gasteiger partial charge in [-0.05, 0) is 50.7 Å². The number of ether oxygens (including phenoxy) is 1. The number of amides is 1. The molecule has 0 saturated heterocycles. The Hall–Kier alpha value is -2.63. The highest BCUT2D eigenvalue weighted by Crippen LogP contribution is 2.50. The summed E-state index contributed by atoms with van der Waals surface area (Å²) in [5.74, 6) is 0.112. The second-order valence-corrected chi connectivity index (χ2v) is 8.39. The molecule has 2 aliphatic rings. The van der Waals surface area contributed by atoms with Crippen LogP contribution in [0.4, 0.5) is 0 Å². The second-order valence-electron chi connectivity index (χ2n) is 8.39. The first-order valence-electron chi connectivity index (χ1n) is 10.5. The zero-order chi connectivity index (χ0) is 20.6. The van der Waals surface area contributed by atoms with Crippen LogP contribution in [0.25, 0.3) is 0 Å². The molecule has 1 amide bonds. The minimum Gasteiger partial charge on any atom is -0.466 e. The van der Waals surface area contributed by atoms with E-state index in [4.69, 9.17) is 4.74 Å². The number of esters is 1. The molecule has 29 heavy (non-hydrogen) atoms. The highest BCUT2D eigenvalue weighted by atomic mass is 16.5. The van der Waals surface area contributed by atoms with Gasteiger partial charge in [-0.3, -0.25) is 14.3 Å². The summed E-state index contributed by atoms with van der Waals surface area (Å²) in [5, 5.41) is 4.55. The zero-order valence-electron chi connectivity index (χ0n) is 17.4. The van der Waals surface area contributed by atoms with Gasteiger partial charge in [0.25, 0.3) is 0 Å². The van der Waals surface area contributed by atoms with Crippen molar-refractivity contribution >= 4 is 11.9 Å². The summed E-state index contributed by atoms with van der Waals surface area (Å²) >= 11 is 0. The van der Waals surface area contributed by atoms with E-state index in [0.29, 0.717) is 19.7 Å². The number of aromatic nitrogens is 2. The van der Waals surface area contributed by atoms with E-state index in [0.717, 1.165) is 36.2 Å². The zero-order valence-corrected chi connectivity index (χ0v) is 17.4. The average Bonchev–Trinajstić information content (AvgIpc) is 3.62. The molecular weight excluding hydrogens is 366 g/mol. The summed E-state index contributed by atoms with van der Waals surface area (Å²) in [6.45, 7) is 5.28. The van der Waals surface area contributed by atoms with Crippen molar-refractivity contribution in [1.82, 2.24) is 14.7 Å². The standard InChI is InChI=1S/C23H29N3O3/c1-4-29-21(27)20-13-17(20)14-26(15-19-12-16(2)25(3)24-19)22(28)23(10-11-23)18-8-6-5-7-9-18/h5-9,12,17,20H,4,10-11,13-15H2,1-3H3/t17-,20-/m0/s1. The SMILES string of the molecule is CCOC(=O)[C@H]1C[C@H]1CN(Cc1cc(C)n(C)n1)C(=O)C1(c2ccccc2)CC1. The van der Waals surface area contributed by atoms with E-state index in [1.165, 1.54) is 0 Å². The summed E-state index contributed by atoms with van der Waals surface area (Å²) in [5.41, 5.74) is 2.62. The van der Waals surface area contributed by atoms with Gasteiger partial charge < -0.3 is 9.64 Å². The van der Waals surface area contributed by atoms with Gasteiger partial charge in [0.1, 0.15) is 0 Å². The maximum Gasteiger partial charge on any atom is 0.309 e. The Morgan fingerprint density at radius 2 is 2.00 bits per heavy atom. The lowest BCUT2D eigenvalue weighted by atomic mass is 9.94. The molecule has 2 fully saturated rings. The number of hydrogen-bond donors (Lipinski definition) is 0. The van der Waals surface area contributed by atoms with Gasteiger partial charge in [-0.15, -0.1) is 0 Å². The van der Waals surface area contributed by atoms with Crippen LogP contribution in [0.2, 0.25) is 0 Å². The molecule has 4 rings (SSSR count). The van der Waals surface area contributed by atoms with Crippen LogP contribution >= 0.6 is 0 Å². The lowest BCUT2D eigenvalue weighted by molar-refractivity contribution is -0.145. The van der Waals surface area contributed by atoms with Gasteiger partial charge in [0.2, 0.25) is 5.91 Å². The summed E-state index contributed by atoms with van der Waals surface area (Å²) < 4.78 is 7.00. The molecule has 0 radical (unpaired) electrons. The lowest BCUT2D eigenvalue weighted by Gasteiger charge is -2.27. The first-order chi connectivity index (χ1) is 13.9. The molecule has 0 aliphatic heterocycles. The van der Waals surface area contributed by atoms with Gasteiger partial charge in [-0.1, -0.05) is 30.3 Å². The molecule has 2 aliphatic carbocycles. The molecule has 1 aromatic carbocycles. The van der Waals surface area contributed by atoms with Crippen LogP contribution in [-0.4, -0.2) is 39.7 Å². The first kappa shape index (κ1) is 19.7. The number of hydrogen-bond acceptors (Lipinski definition) is 4. The predicted molar refractivity (Wildman–Crippen MR) is 109 cm³/mol. The number of rotatable bonds is 8. The molecule has 6 nitrogen and oxygen atoms in total. The first-order valence-corrected chi connectivity index (χ1v) is 10.5. The van der Waals surface area contributed by atoms with Crippen molar-refractivity contribution in [2.45, 2.75) is 45.1 Å². The fourth-order valence-electron chi connectivity index (χ4n) is 4.21. The van der Waals surface area contributed by atoms with Crippen LogP contribution in [0.5, 0.6) is 0 Å². The van der Waals surface area contributed by atoms with Crippen molar-refractivity contribution in [1.29, 1.82) is 0 Å². The molecule has 1 aromatic heterocycles. The van der Waals surface area contributed by atoms with E-state index in [9.17, 15) is 9.59 Å². The molecule has 2 atom stereocenters. The summed E-state index contributed by atoms with van der Waals surface area (Å²) in [6.07, 6.45) is 2.54. The number of carbonyl (C=O) groups is 2. The van der Waals surface area contributed by atoms with E-state index in [-0.39, 0.29) is 23.7 Å². The van der Waals surface area contributed by atoms with Crippen LogP contribution in [0, 0.1) is 18.8 Å². The van der Waals surface area contributed by atoms with Crippen molar-refractivity contribution in [3.63, 3.8) is 0 Å². The van der Waals surface area contributed by atoms with Gasteiger partial charge in [0, 0.05) is 19.3 Å². The Labute approximate surface area is 171 Å². The summed E-state index contributed by atoms with van der Waals surface area (Å²) in [4.78, 5) is 27.6. The minimum atomic E-state index is -0.417. The van der Waals surface area contributed by atoms with Crippen molar-refractivity contribution < 1.29 is 14.3 Å². The van der Waals surface area contributed by atoms with E-state index < -0.39 is 5.41 Å². The van der Waals surface area contributed by atoms with Crippen LogP contribution in [0.15, 0.2) is 36.4 Å².